The third-order valence-corrected chi connectivity index (χ3v) is 4.98. The van der Waals surface area contributed by atoms with Gasteiger partial charge in [0.15, 0.2) is 11.6 Å². The number of hydrogen-bond acceptors (Lipinski definition) is 4. The molecule has 0 radical (unpaired) electrons. The van der Waals surface area contributed by atoms with E-state index in [9.17, 15) is 9.18 Å². The van der Waals surface area contributed by atoms with Crippen LogP contribution >= 0.6 is 0 Å². The van der Waals surface area contributed by atoms with E-state index in [1.54, 1.807) is 12.1 Å². The molecule has 3 aromatic rings. The Morgan fingerprint density at radius 2 is 2.21 bits per heavy atom. The summed E-state index contributed by atoms with van der Waals surface area (Å²) in [6.45, 7) is 0.876. The summed E-state index contributed by atoms with van der Waals surface area (Å²) in [5.74, 6) is -1.09. The fraction of sp³-hybridized carbons (Fsp3) is 0.182. The summed E-state index contributed by atoms with van der Waals surface area (Å²) < 4.78 is 19.4. The van der Waals surface area contributed by atoms with Gasteiger partial charge in [-0.1, -0.05) is 0 Å². The van der Waals surface area contributed by atoms with Crippen molar-refractivity contribution in [2.24, 2.45) is 5.73 Å². The molecule has 0 atom stereocenters. The lowest BCUT2D eigenvalue weighted by Gasteiger charge is -2.21. The number of primary amides is 1. The molecule has 6 nitrogen and oxygen atoms in total. The van der Waals surface area contributed by atoms with E-state index in [2.05, 4.69) is 16.4 Å². The summed E-state index contributed by atoms with van der Waals surface area (Å²) in [6.07, 6.45) is 5.35. The lowest BCUT2D eigenvalue weighted by Crippen LogP contribution is -2.24. The highest BCUT2D eigenvalue weighted by molar-refractivity contribution is 5.98. The number of hydrogen-bond donors (Lipinski definition) is 3. The molecule has 1 amide bonds. The smallest absolute Gasteiger partial charge is 0.249 e. The van der Waals surface area contributed by atoms with Gasteiger partial charge >= 0.3 is 0 Å². The number of carbonyl (C=O) groups is 1. The van der Waals surface area contributed by atoms with Crippen LogP contribution in [-0.4, -0.2) is 24.0 Å². The van der Waals surface area contributed by atoms with E-state index >= 15 is 0 Å². The maximum atomic E-state index is 13.9. The van der Waals surface area contributed by atoms with Crippen LogP contribution in [0.4, 0.5) is 4.39 Å². The first-order chi connectivity index (χ1) is 14.1. The van der Waals surface area contributed by atoms with Crippen LogP contribution in [-0.2, 0) is 6.42 Å². The van der Waals surface area contributed by atoms with Crippen LogP contribution in [0.1, 0.15) is 33.5 Å². The second-order valence-corrected chi connectivity index (χ2v) is 6.88. The van der Waals surface area contributed by atoms with Gasteiger partial charge in [-0.2, -0.15) is 5.26 Å². The summed E-state index contributed by atoms with van der Waals surface area (Å²) in [7, 11) is 0. The number of aryl methyl sites for hydroxylation is 1. The third-order valence-electron chi connectivity index (χ3n) is 4.98. The van der Waals surface area contributed by atoms with Gasteiger partial charge in [0.1, 0.15) is 6.61 Å². The highest BCUT2D eigenvalue weighted by atomic mass is 19.1. The molecule has 4 rings (SSSR count). The molecular formula is C22H19FN4O2. The number of fused-ring (bicyclic) bond motifs is 2. The summed E-state index contributed by atoms with van der Waals surface area (Å²) in [5, 5.41) is 13.4. The molecule has 1 aromatic heterocycles. The molecule has 4 N–H and O–H groups in total. The Bertz CT molecular complexity index is 1170. The molecule has 7 heteroatoms. The molecular weight excluding hydrogens is 371 g/mol. The fourth-order valence-electron chi connectivity index (χ4n) is 3.53. The van der Waals surface area contributed by atoms with Gasteiger partial charge in [-0.3, -0.25) is 4.79 Å². The molecule has 29 heavy (non-hydrogen) atoms. The number of aromatic nitrogens is 1. The monoisotopic (exact) mass is 390 g/mol. The molecule has 1 aliphatic rings. The number of rotatable bonds is 6. The fourth-order valence-corrected chi connectivity index (χ4v) is 3.53. The maximum Gasteiger partial charge on any atom is 0.249 e. The predicted molar refractivity (Wildman–Crippen MR) is 108 cm³/mol. The Labute approximate surface area is 166 Å². The second kappa shape index (κ2) is 7.68. The van der Waals surface area contributed by atoms with Gasteiger partial charge in [-0.15, -0.1) is 0 Å². The molecule has 146 valence electrons. The van der Waals surface area contributed by atoms with E-state index in [-0.39, 0.29) is 17.9 Å². The van der Waals surface area contributed by atoms with Crippen LogP contribution in [0.2, 0.25) is 0 Å². The number of H-pyrrole nitrogens is 1. The SMILES string of the molecule is N#Cc1ccc2[nH]cc(CCCNC3=Cc4c(C(N)=O)ccc(F)c4OC3)c2c1. The summed E-state index contributed by atoms with van der Waals surface area (Å²) in [4.78, 5) is 14.8. The summed E-state index contributed by atoms with van der Waals surface area (Å²) in [6, 6.07) is 10.3. The molecule has 1 aliphatic heterocycles. The second-order valence-electron chi connectivity index (χ2n) is 6.88. The van der Waals surface area contributed by atoms with E-state index in [1.807, 2.05) is 18.3 Å². The van der Waals surface area contributed by atoms with E-state index in [4.69, 9.17) is 15.7 Å². The standard InChI is InChI=1S/C22H19FN4O2/c23-19-5-4-16(22(25)28)18-9-15(12-29-21(18)19)26-7-1-2-14-11-27-20-6-3-13(10-24)8-17(14)20/h3-6,8-9,11,26-27H,1-2,7,12H2,(H2,25,28). The molecule has 0 saturated carbocycles. The number of nitrogens with zero attached hydrogens (tertiary/aromatic N) is 1. The van der Waals surface area contributed by atoms with E-state index < -0.39 is 11.7 Å². The van der Waals surface area contributed by atoms with Crippen LogP contribution < -0.4 is 15.8 Å². The number of carbonyl (C=O) groups excluding carboxylic acids is 1. The van der Waals surface area contributed by atoms with Crippen molar-refractivity contribution >= 4 is 22.9 Å². The average molecular weight is 390 g/mol. The van der Waals surface area contributed by atoms with Gasteiger partial charge in [-0.25, -0.2) is 4.39 Å². The van der Waals surface area contributed by atoms with Crippen molar-refractivity contribution in [2.75, 3.05) is 13.2 Å². The van der Waals surface area contributed by atoms with Gasteiger partial charge in [0.25, 0.3) is 0 Å². The van der Waals surface area contributed by atoms with Gasteiger partial charge in [-0.05, 0) is 54.8 Å². The maximum absolute atomic E-state index is 13.9. The lowest BCUT2D eigenvalue weighted by atomic mass is 10.0. The number of aromatic amines is 1. The van der Waals surface area contributed by atoms with Crippen LogP contribution in [0.5, 0.6) is 5.75 Å². The van der Waals surface area contributed by atoms with Crippen LogP contribution in [0.15, 0.2) is 42.2 Å². The van der Waals surface area contributed by atoms with Crippen molar-refractivity contribution in [1.29, 1.82) is 5.26 Å². The first-order valence-electron chi connectivity index (χ1n) is 9.26. The molecule has 2 aromatic carbocycles. The molecule has 0 spiro atoms. The summed E-state index contributed by atoms with van der Waals surface area (Å²) in [5.41, 5.74) is 9.54. The summed E-state index contributed by atoms with van der Waals surface area (Å²) >= 11 is 0. The zero-order valence-corrected chi connectivity index (χ0v) is 15.6. The van der Waals surface area contributed by atoms with Crippen molar-refractivity contribution in [1.82, 2.24) is 10.3 Å². The van der Waals surface area contributed by atoms with Crippen LogP contribution in [0, 0.1) is 17.1 Å². The minimum Gasteiger partial charge on any atom is -0.484 e. The van der Waals surface area contributed by atoms with Crippen LogP contribution in [0.25, 0.3) is 17.0 Å². The van der Waals surface area contributed by atoms with E-state index in [0.717, 1.165) is 35.0 Å². The minimum absolute atomic E-state index is 0.0546. The molecule has 0 unspecified atom stereocenters. The molecule has 0 saturated heterocycles. The van der Waals surface area contributed by atoms with Gasteiger partial charge in [0.05, 0.1) is 17.2 Å². The third kappa shape index (κ3) is 3.65. The highest BCUT2D eigenvalue weighted by Crippen LogP contribution is 2.31. The number of ether oxygens (including phenoxy) is 1. The highest BCUT2D eigenvalue weighted by Gasteiger charge is 2.21. The van der Waals surface area contributed by atoms with Crippen molar-refractivity contribution in [2.45, 2.75) is 12.8 Å². The molecule has 2 heterocycles. The quantitative estimate of drug-likeness (QED) is 0.562. The Hall–Kier alpha value is -3.79. The molecule has 0 fully saturated rings. The number of amides is 1. The Kier molecular flexibility index (Phi) is 4.92. The van der Waals surface area contributed by atoms with Crippen molar-refractivity contribution in [3.8, 4) is 11.8 Å². The number of nitriles is 1. The first-order valence-corrected chi connectivity index (χ1v) is 9.26. The van der Waals surface area contributed by atoms with Gasteiger partial charge < -0.3 is 20.8 Å². The topological polar surface area (TPSA) is 104 Å². The Morgan fingerprint density at radius 3 is 3.00 bits per heavy atom. The van der Waals surface area contributed by atoms with Crippen LogP contribution in [0.3, 0.4) is 0 Å². The normalized spacial score (nSPS) is 12.6. The van der Waals surface area contributed by atoms with Crippen molar-refractivity contribution < 1.29 is 13.9 Å². The number of nitrogens with one attached hydrogen (secondary N) is 2. The Balaban J connectivity index is 1.42. The number of halogens is 1. The minimum atomic E-state index is -0.626. The molecule has 0 bridgehead atoms. The number of benzene rings is 2. The average Bonchev–Trinajstić information content (AvgIpc) is 3.13. The predicted octanol–water partition coefficient (Wildman–Crippen LogP) is 3.23. The van der Waals surface area contributed by atoms with Gasteiger partial charge in [0.2, 0.25) is 5.91 Å². The Morgan fingerprint density at radius 1 is 1.34 bits per heavy atom. The van der Waals surface area contributed by atoms with E-state index in [0.29, 0.717) is 17.7 Å². The van der Waals surface area contributed by atoms with Crippen molar-refractivity contribution in [3.63, 3.8) is 0 Å². The van der Waals surface area contributed by atoms with E-state index in [1.165, 1.54) is 12.1 Å². The first kappa shape index (κ1) is 18.6. The number of nitrogens with two attached hydrogens (primary N) is 1. The zero-order valence-electron chi connectivity index (χ0n) is 15.6. The molecule has 0 aliphatic carbocycles. The van der Waals surface area contributed by atoms with Gasteiger partial charge in [0, 0.05) is 34.9 Å². The zero-order chi connectivity index (χ0) is 20.4. The lowest BCUT2D eigenvalue weighted by molar-refractivity contribution is 0.0999. The largest absolute Gasteiger partial charge is 0.484 e. The van der Waals surface area contributed by atoms with Crippen molar-refractivity contribution in [3.05, 3.63) is 70.3 Å².